The molecule has 0 fully saturated rings. The fourth-order valence-electron chi connectivity index (χ4n) is 2.87. The van der Waals surface area contributed by atoms with Gasteiger partial charge in [0.2, 0.25) is 5.91 Å². The average molecular weight is 299 g/mol. The lowest BCUT2D eigenvalue weighted by Gasteiger charge is -2.22. The number of ether oxygens (including phenoxy) is 1. The van der Waals surface area contributed by atoms with Crippen LogP contribution in [0.2, 0.25) is 0 Å². The predicted octanol–water partition coefficient (Wildman–Crippen LogP) is 2.68. The molecular weight excluding hydrogens is 278 g/mol. The molecule has 0 saturated carbocycles. The summed E-state index contributed by atoms with van der Waals surface area (Å²) in [6, 6.07) is 9.89. The number of carbonyl (C=O) groups excluding carboxylic acids is 1. The minimum Gasteiger partial charge on any atom is -0.362 e. The van der Waals surface area contributed by atoms with Crippen LogP contribution in [0.15, 0.2) is 36.5 Å². The zero-order valence-electron chi connectivity index (χ0n) is 12.7. The van der Waals surface area contributed by atoms with Crippen molar-refractivity contribution >= 4 is 5.91 Å². The Kier molecular flexibility index (Phi) is 4.53. The fourth-order valence-corrected chi connectivity index (χ4v) is 2.87. The summed E-state index contributed by atoms with van der Waals surface area (Å²) in [5.41, 5.74) is 3.31. The van der Waals surface area contributed by atoms with Gasteiger partial charge in [0.05, 0.1) is 24.0 Å². The van der Waals surface area contributed by atoms with E-state index in [1.54, 1.807) is 0 Å². The van der Waals surface area contributed by atoms with Gasteiger partial charge in [-0.25, -0.2) is 0 Å². The van der Waals surface area contributed by atoms with Crippen LogP contribution in [0.5, 0.6) is 0 Å². The zero-order chi connectivity index (χ0) is 15.4. The maximum absolute atomic E-state index is 12.1. The average Bonchev–Trinajstić information content (AvgIpc) is 3.03. The number of benzene rings is 1. The number of hydrogen-bond acceptors (Lipinski definition) is 3. The Balaban J connectivity index is 1.51. The standard InChI is InChI=1S/C17H21N3O2/c1-12(13-6-3-2-4-7-13)19-16(21)11-22-15-9-5-8-14-10-18-20-17(14)15/h2-4,6-7,10,12,15H,5,8-9,11H2,1H3,(H,18,20)(H,19,21)/t12-,15+/m0/s1. The van der Waals surface area contributed by atoms with Gasteiger partial charge < -0.3 is 10.1 Å². The molecule has 1 aliphatic rings. The number of hydrogen-bond donors (Lipinski definition) is 2. The second kappa shape index (κ2) is 6.75. The van der Waals surface area contributed by atoms with E-state index in [9.17, 15) is 4.79 Å². The van der Waals surface area contributed by atoms with Gasteiger partial charge in [-0.3, -0.25) is 9.89 Å². The topological polar surface area (TPSA) is 67.0 Å². The molecule has 116 valence electrons. The van der Waals surface area contributed by atoms with E-state index in [0.29, 0.717) is 0 Å². The van der Waals surface area contributed by atoms with Gasteiger partial charge in [-0.05, 0) is 37.3 Å². The third kappa shape index (κ3) is 3.36. The van der Waals surface area contributed by atoms with Crippen LogP contribution >= 0.6 is 0 Å². The lowest BCUT2D eigenvalue weighted by Crippen LogP contribution is -2.31. The molecule has 1 aromatic heterocycles. The van der Waals surface area contributed by atoms with Crippen molar-refractivity contribution in [2.45, 2.75) is 38.3 Å². The van der Waals surface area contributed by atoms with Crippen molar-refractivity contribution in [3.63, 3.8) is 0 Å². The van der Waals surface area contributed by atoms with Crippen molar-refractivity contribution in [1.29, 1.82) is 0 Å². The molecule has 2 N–H and O–H groups in total. The molecule has 1 amide bonds. The smallest absolute Gasteiger partial charge is 0.246 e. The van der Waals surface area contributed by atoms with Crippen molar-refractivity contribution in [3.05, 3.63) is 53.3 Å². The first kappa shape index (κ1) is 14.8. The van der Waals surface area contributed by atoms with Crippen LogP contribution in [-0.4, -0.2) is 22.7 Å². The molecule has 2 atom stereocenters. The minimum atomic E-state index is -0.0945. The highest BCUT2D eigenvalue weighted by atomic mass is 16.5. The summed E-state index contributed by atoms with van der Waals surface area (Å²) < 4.78 is 5.78. The van der Waals surface area contributed by atoms with Crippen LogP contribution in [-0.2, 0) is 16.0 Å². The Bertz CT molecular complexity index is 624. The van der Waals surface area contributed by atoms with Gasteiger partial charge in [-0.2, -0.15) is 5.10 Å². The van der Waals surface area contributed by atoms with E-state index in [4.69, 9.17) is 4.74 Å². The predicted molar refractivity (Wildman–Crippen MR) is 83.2 cm³/mol. The molecule has 1 heterocycles. The molecule has 3 rings (SSSR count). The van der Waals surface area contributed by atoms with Crippen LogP contribution in [0.1, 0.15) is 48.7 Å². The first-order chi connectivity index (χ1) is 10.7. The highest BCUT2D eigenvalue weighted by Crippen LogP contribution is 2.30. The molecule has 0 aliphatic heterocycles. The highest BCUT2D eigenvalue weighted by Gasteiger charge is 2.23. The van der Waals surface area contributed by atoms with Gasteiger partial charge in [0.15, 0.2) is 0 Å². The summed E-state index contributed by atoms with van der Waals surface area (Å²) in [6.45, 7) is 2.04. The van der Waals surface area contributed by atoms with Crippen LogP contribution in [0.25, 0.3) is 0 Å². The molecule has 0 saturated heterocycles. The number of rotatable bonds is 5. The number of nitrogens with one attached hydrogen (secondary N) is 2. The highest BCUT2D eigenvalue weighted by molar-refractivity contribution is 5.77. The second-order valence-corrected chi connectivity index (χ2v) is 5.70. The quantitative estimate of drug-likeness (QED) is 0.892. The van der Waals surface area contributed by atoms with Crippen LogP contribution < -0.4 is 5.32 Å². The SMILES string of the molecule is C[C@H](NC(=O)CO[C@@H]1CCCc2cn[nH]c21)c1ccccc1. The fraction of sp³-hybridized carbons (Fsp3) is 0.412. The van der Waals surface area contributed by atoms with Crippen molar-refractivity contribution in [2.24, 2.45) is 0 Å². The van der Waals surface area contributed by atoms with Gasteiger partial charge >= 0.3 is 0 Å². The molecule has 2 aromatic rings. The molecule has 5 nitrogen and oxygen atoms in total. The molecule has 1 aliphatic carbocycles. The summed E-state index contributed by atoms with van der Waals surface area (Å²) >= 11 is 0. The van der Waals surface area contributed by atoms with Crippen molar-refractivity contribution in [3.8, 4) is 0 Å². The number of aryl methyl sites for hydroxylation is 1. The number of carbonyl (C=O) groups is 1. The Morgan fingerprint density at radius 3 is 3.09 bits per heavy atom. The monoisotopic (exact) mass is 299 g/mol. The van der Waals surface area contributed by atoms with E-state index in [1.807, 2.05) is 43.5 Å². The number of aromatic nitrogens is 2. The maximum atomic E-state index is 12.1. The Hall–Kier alpha value is -2.14. The molecule has 5 heteroatoms. The van der Waals surface area contributed by atoms with E-state index in [-0.39, 0.29) is 24.7 Å². The first-order valence-electron chi connectivity index (χ1n) is 7.72. The largest absolute Gasteiger partial charge is 0.362 e. The molecule has 22 heavy (non-hydrogen) atoms. The summed E-state index contributed by atoms with van der Waals surface area (Å²) in [5, 5.41) is 10.0. The maximum Gasteiger partial charge on any atom is 0.246 e. The Labute approximate surface area is 130 Å². The molecule has 0 bridgehead atoms. The first-order valence-corrected chi connectivity index (χ1v) is 7.72. The zero-order valence-corrected chi connectivity index (χ0v) is 12.7. The van der Waals surface area contributed by atoms with Gasteiger partial charge in [-0.15, -0.1) is 0 Å². The number of amides is 1. The van der Waals surface area contributed by atoms with Gasteiger partial charge in [0, 0.05) is 0 Å². The molecular formula is C17H21N3O2. The Morgan fingerprint density at radius 2 is 2.27 bits per heavy atom. The summed E-state index contributed by atoms with van der Waals surface area (Å²) in [5.74, 6) is -0.0945. The third-order valence-electron chi connectivity index (χ3n) is 4.08. The van der Waals surface area contributed by atoms with E-state index in [0.717, 1.165) is 30.5 Å². The van der Waals surface area contributed by atoms with Gasteiger partial charge in [0.25, 0.3) is 0 Å². The van der Waals surface area contributed by atoms with E-state index in [2.05, 4.69) is 15.5 Å². The van der Waals surface area contributed by atoms with Crippen LogP contribution in [0, 0.1) is 0 Å². The number of H-pyrrole nitrogens is 1. The van der Waals surface area contributed by atoms with Crippen LogP contribution in [0.4, 0.5) is 0 Å². The van der Waals surface area contributed by atoms with Crippen molar-refractivity contribution < 1.29 is 9.53 Å². The molecule has 0 radical (unpaired) electrons. The normalized spacial score (nSPS) is 18.5. The minimum absolute atomic E-state index is 0.0219. The summed E-state index contributed by atoms with van der Waals surface area (Å²) in [7, 11) is 0. The Morgan fingerprint density at radius 1 is 1.45 bits per heavy atom. The second-order valence-electron chi connectivity index (χ2n) is 5.70. The van der Waals surface area contributed by atoms with Gasteiger partial charge in [-0.1, -0.05) is 30.3 Å². The van der Waals surface area contributed by atoms with E-state index < -0.39 is 0 Å². The molecule has 1 aromatic carbocycles. The third-order valence-corrected chi connectivity index (χ3v) is 4.08. The number of fused-ring (bicyclic) bond motifs is 1. The van der Waals surface area contributed by atoms with Crippen molar-refractivity contribution in [1.82, 2.24) is 15.5 Å². The molecule has 0 unspecified atom stereocenters. The van der Waals surface area contributed by atoms with Crippen LogP contribution in [0.3, 0.4) is 0 Å². The lowest BCUT2D eigenvalue weighted by molar-refractivity contribution is -0.128. The van der Waals surface area contributed by atoms with Gasteiger partial charge in [0.1, 0.15) is 6.61 Å². The van der Waals surface area contributed by atoms with E-state index >= 15 is 0 Å². The van der Waals surface area contributed by atoms with E-state index in [1.165, 1.54) is 5.56 Å². The van der Waals surface area contributed by atoms with Crippen molar-refractivity contribution in [2.75, 3.05) is 6.61 Å². The summed E-state index contributed by atoms with van der Waals surface area (Å²) in [6.07, 6.45) is 4.82. The lowest BCUT2D eigenvalue weighted by atomic mass is 9.96. The number of nitrogens with zero attached hydrogens (tertiary/aromatic N) is 1. The number of aromatic amines is 1. The summed E-state index contributed by atoms with van der Waals surface area (Å²) in [4.78, 5) is 12.1. The molecule has 0 spiro atoms.